The molecule has 0 fully saturated rings. The van der Waals surface area contributed by atoms with Crippen molar-refractivity contribution in [2.24, 2.45) is 5.73 Å². The summed E-state index contributed by atoms with van der Waals surface area (Å²) in [4.78, 5) is 0.0139. The molecule has 1 unspecified atom stereocenters. The summed E-state index contributed by atoms with van der Waals surface area (Å²) < 4.78 is 27.2. The minimum atomic E-state index is -3.68. The Morgan fingerprint density at radius 2 is 2.00 bits per heavy atom. The third-order valence-electron chi connectivity index (χ3n) is 2.72. The van der Waals surface area contributed by atoms with Gasteiger partial charge in [-0.2, -0.15) is 11.8 Å². The normalized spacial score (nSPS) is 13.4. The maximum absolute atomic E-state index is 12.3. The number of nitrogens with one attached hydrogen (secondary N) is 1. The van der Waals surface area contributed by atoms with Crippen LogP contribution in [0.15, 0.2) is 17.0 Å². The second-order valence-electron chi connectivity index (χ2n) is 4.38. The van der Waals surface area contributed by atoms with Gasteiger partial charge in [0.2, 0.25) is 10.0 Å². The smallest absolute Gasteiger partial charge is 0.242 e. The van der Waals surface area contributed by atoms with Crippen molar-refractivity contribution < 1.29 is 8.42 Å². The van der Waals surface area contributed by atoms with Crippen LogP contribution in [0.2, 0.25) is 10.0 Å². The molecule has 0 saturated heterocycles. The fraction of sp³-hybridized carbons (Fsp3) is 0.500. The molecule has 0 spiro atoms. The molecule has 0 aromatic heterocycles. The molecule has 1 aromatic rings. The monoisotopic (exact) mass is 356 g/mol. The van der Waals surface area contributed by atoms with Gasteiger partial charge in [-0.1, -0.05) is 23.2 Å². The summed E-state index contributed by atoms with van der Waals surface area (Å²) in [5.41, 5.74) is 6.08. The van der Waals surface area contributed by atoms with E-state index in [0.29, 0.717) is 10.6 Å². The van der Waals surface area contributed by atoms with E-state index in [4.69, 9.17) is 28.9 Å². The van der Waals surface area contributed by atoms with Gasteiger partial charge in [0.25, 0.3) is 0 Å². The maximum Gasteiger partial charge on any atom is 0.242 e. The highest BCUT2D eigenvalue weighted by atomic mass is 35.5. The molecule has 8 heteroatoms. The van der Waals surface area contributed by atoms with E-state index >= 15 is 0 Å². The van der Waals surface area contributed by atoms with Crippen molar-refractivity contribution in [3.8, 4) is 0 Å². The molecule has 0 saturated carbocycles. The van der Waals surface area contributed by atoms with Crippen molar-refractivity contribution in [1.29, 1.82) is 0 Å². The molecule has 0 bridgehead atoms. The van der Waals surface area contributed by atoms with Gasteiger partial charge in [0.1, 0.15) is 4.90 Å². The maximum atomic E-state index is 12.3. The van der Waals surface area contributed by atoms with Crippen LogP contribution in [0.5, 0.6) is 0 Å². The van der Waals surface area contributed by atoms with Crippen molar-refractivity contribution in [2.45, 2.75) is 30.8 Å². The van der Waals surface area contributed by atoms with Crippen LogP contribution in [-0.2, 0) is 16.6 Å². The number of hydrogen-bond donors (Lipinski definition) is 2. The third kappa shape index (κ3) is 4.79. The number of benzene rings is 1. The number of rotatable bonds is 7. The molecule has 4 nitrogen and oxygen atoms in total. The molecule has 114 valence electrons. The lowest BCUT2D eigenvalue weighted by molar-refractivity contribution is 0.557. The van der Waals surface area contributed by atoms with Gasteiger partial charge >= 0.3 is 0 Å². The Balaban J connectivity index is 3.03. The number of halogens is 2. The molecule has 0 radical (unpaired) electrons. The average molecular weight is 357 g/mol. The number of sulfonamides is 1. The van der Waals surface area contributed by atoms with Gasteiger partial charge in [-0.05, 0) is 43.0 Å². The quantitative estimate of drug-likeness (QED) is 0.787. The first-order chi connectivity index (χ1) is 9.31. The lowest BCUT2D eigenvalue weighted by Gasteiger charge is -2.15. The van der Waals surface area contributed by atoms with Crippen molar-refractivity contribution >= 4 is 45.0 Å². The molecule has 0 aliphatic heterocycles. The molecule has 1 rings (SSSR count). The summed E-state index contributed by atoms with van der Waals surface area (Å²) in [5, 5.41) is 0.462. The van der Waals surface area contributed by atoms with Crippen molar-refractivity contribution in [3.05, 3.63) is 27.7 Å². The summed E-state index contributed by atoms with van der Waals surface area (Å²) in [6.07, 6.45) is 2.72. The second kappa shape index (κ2) is 7.87. The van der Waals surface area contributed by atoms with Gasteiger partial charge in [-0.25, -0.2) is 13.1 Å². The zero-order valence-corrected chi connectivity index (χ0v) is 14.5. The average Bonchev–Trinajstić information content (AvgIpc) is 2.35. The van der Waals surface area contributed by atoms with Crippen LogP contribution >= 0.6 is 35.0 Å². The van der Waals surface area contributed by atoms with Gasteiger partial charge in [-0.3, -0.25) is 0 Å². The highest BCUT2D eigenvalue weighted by Gasteiger charge is 2.21. The highest BCUT2D eigenvalue weighted by molar-refractivity contribution is 7.98. The minimum Gasteiger partial charge on any atom is -0.326 e. The standard InChI is InChI=1S/C12H18Cl2N2O2S2/c1-8(3-4-19-2)16-20(17,18)12-5-9(7-15)10(13)6-11(12)14/h5-6,8,16H,3-4,7,15H2,1-2H3. The van der Waals surface area contributed by atoms with Crippen molar-refractivity contribution in [1.82, 2.24) is 4.72 Å². The Kier molecular flexibility index (Phi) is 7.11. The number of thioether (sulfide) groups is 1. The van der Waals surface area contributed by atoms with Crippen LogP contribution in [0.25, 0.3) is 0 Å². The molecule has 3 N–H and O–H groups in total. The number of hydrogen-bond acceptors (Lipinski definition) is 4. The van der Waals surface area contributed by atoms with E-state index in [2.05, 4.69) is 4.72 Å². The largest absolute Gasteiger partial charge is 0.326 e. The zero-order chi connectivity index (χ0) is 15.3. The summed E-state index contributed by atoms with van der Waals surface area (Å²) in [6.45, 7) is 1.97. The van der Waals surface area contributed by atoms with E-state index in [1.807, 2.05) is 13.2 Å². The fourth-order valence-corrected chi connectivity index (χ4v) is 4.36. The Morgan fingerprint density at radius 3 is 2.55 bits per heavy atom. The first-order valence-corrected chi connectivity index (χ1v) is 9.64. The van der Waals surface area contributed by atoms with E-state index in [9.17, 15) is 8.42 Å². The van der Waals surface area contributed by atoms with E-state index in [1.54, 1.807) is 11.8 Å². The van der Waals surface area contributed by atoms with E-state index in [1.165, 1.54) is 12.1 Å². The van der Waals surface area contributed by atoms with Crippen LogP contribution in [0, 0.1) is 0 Å². The Labute approximate surface area is 134 Å². The third-order valence-corrected chi connectivity index (χ3v) is 5.77. The first kappa shape index (κ1) is 18.1. The van der Waals surface area contributed by atoms with E-state index < -0.39 is 10.0 Å². The fourth-order valence-electron chi connectivity index (χ4n) is 1.62. The summed E-state index contributed by atoms with van der Waals surface area (Å²) in [6, 6.07) is 2.67. The van der Waals surface area contributed by atoms with Gasteiger partial charge in [0.15, 0.2) is 0 Å². The number of nitrogens with two attached hydrogens (primary N) is 1. The molecular formula is C12H18Cl2N2O2S2. The molecule has 1 atom stereocenters. The first-order valence-electron chi connectivity index (χ1n) is 6.01. The van der Waals surface area contributed by atoms with Crippen LogP contribution < -0.4 is 10.5 Å². The Morgan fingerprint density at radius 1 is 1.35 bits per heavy atom. The summed E-state index contributed by atoms with van der Waals surface area (Å²) in [5.74, 6) is 0.881. The molecule has 0 aliphatic rings. The molecular weight excluding hydrogens is 339 g/mol. The molecule has 0 aliphatic carbocycles. The molecule has 0 heterocycles. The van der Waals surface area contributed by atoms with E-state index in [-0.39, 0.29) is 22.5 Å². The lowest BCUT2D eigenvalue weighted by atomic mass is 10.2. The van der Waals surface area contributed by atoms with Crippen LogP contribution in [0.3, 0.4) is 0 Å². The van der Waals surface area contributed by atoms with Gasteiger partial charge in [-0.15, -0.1) is 0 Å². The van der Waals surface area contributed by atoms with Crippen LogP contribution in [0.1, 0.15) is 18.9 Å². The van der Waals surface area contributed by atoms with Crippen molar-refractivity contribution in [3.63, 3.8) is 0 Å². The summed E-state index contributed by atoms with van der Waals surface area (Å²) in [7, 11) is -3.68. The van der Waals surface area contributed by atoms with Crippen LogP contribution in [0.4, 0.5) is 0 Å². The van der Waals surface area contributed by atoms with Crippen molar-refractivity contribution in [2.75, 3.05) is 12.0 Å². The predicted molar refractivity (Wildman–Crippen MR) is 87.1 cm³/mol. The van der Waals surface area contributed by atoms with Gasteiger partial charge in [0.05, 0.1) is 5.02 Å². The predicted octanol–water partition coefficient (Wildman–Crippen LogP) is 2.87. The van der Waals surface area contributed by atoms with E-state index in [0.717, 1.165) is 12.2 Å². The minimum absolute atomic E-state index is 0.0139. The van der Waals surface area contributed by atoms with Gasteiger partial charge in [0, 0.05) is 17.6 Å². The second-order valence-corrected chi connectivity index (χ2v) is 7.86. The SMILES string of the molecule is CSCCC(C)NS(=O)(=O)c1cc(CN)c(Cl)cc1Cl. The molecule has 1 aromatic carbocycles. The topological polar surface area (TPSA) is 72.2 Å². The Bertz CT molecular complexity index is 565. The lowest BCUT2D eigenvalue weighted by Crippen LogP contribution is -2.33. The van der Waals surface area contributed by atoms with Gasteiger partial charge < -0.3 is 5.73 Å². The van der Waals surface area contributed by atoms with Crippen LogP contribution in [-0.4, -0.2) is 26.5 Å². The zero-order valence-electron chi connectivity index (χ0n) is 11.3. The molecule has 0 amide bonds. The highest BCUT2D eigenvalue weighted by Crippen LogP contribution is 2.28. The summed E-state index contributed by atoms with van der Waals surface area (Å²) >= 11 is 13.6. The molecule has 20 heavy (non-hydrogen) atoms. The Hall–Kier alpha value is 0.0200.